The van der Waals surface area contributed by atoms with Crippen molar-refractivity contribution in [2.45, 2.75) is 0 Å². The molecule has 10 rings (SSSR count). The fraction of sp³-hybridized carbons (Fsp3) is 0. The minimum absolute atomic E-state index is 0.587. The lowest BCUT2D eigenvalue weighted by molar-refractivity contribution is 0.620. The summed E-state index contributed by atoms with van der Waals surface area (Å²) in [5.74, 6) is 0.587. The highest BCUT2D eigenvalue weighted by Gasteiger charge is 2.23. The van der Waals surface area contributed by atoms with Crippen molar-refractivity contribution in [2.24, 2.45) is 0 Å². The van der Waals surface area contributed by atoms with E-state index in [0.29, 0.717) is 5.89 Å². The normalized spacial score (nSPS) is 11.8. The van der Waals surface area contributed by atoms with Gasteiger partial charge >= 0.3 is 0 Å². The number of hydrogen-bond donors (Lipinski definition) is 0. The zero-order valence-electron chi connectivity index (χ0n) is 25.6. The van der Waals surface area contributed by atoms with Crippen molar-refractivity contribution in [1.29, 1.82) is 0 Å². The van der Waals surface area contributed by atoms with Crippen LogP contribution in [0, 0.1) is 0 Å². The minimum Gasteiger partial charge on any atom is -0.456 e. The molecule has 0 amide bonds. The Balaban J connectivity index is 1.22. The van der Waals surface area contributed by atoms with Gasteiger partial charge in [0, 0.05) is 49.1 Å². The van der Waals surface area contributed by atoms with Crippen LogP contribution in [0.4, 0.5) is 17.1 Å². The van der Waals surface area contributed by atoms with E-state index in [1.165, 1.54) is 20.2 Å². The molecule has 0 aliphatic heterocycles. The summed E-state index contributed by atoms with van der Waals surface area (Å²) in [7, 11) is 0. The van der Waals surface area contributed by atoms with Crippen LogP contribution in [0.3, 0.4) is 0 Å². The van der Waals surface area contributed by atoms with E-state index in [4.69, 9.17) is 13.8 Å². The molecule has 48 heavy (non-hydrogen) atoms. The molecule has 0 fully saturated rings. The Hall–Kier alpha value is -6.17. The van der Waals surface area contributed by atoms with Gasteiger partial charge < -0.3 is 13.7 Å². The van der Waals surface area contributed by atoms with Crippen LogP contribution >= 0.6 is 11.3 Å². The average Bonchev–Trinajstić information content (AvgIpc) is 3.86. The van der Waals surface area contributed by atoms with Crippen molar-refractivity contribution in [3.63, 3.8) is 0 Å². The van der Waals surface area contributed by atoms with E-state index in [1.54, 1.807) is 0 Å². The molecular weight excluding hydrogens is 609 g/mol. The Bertz CT molecular complexity index is 2780. The number of benzene rings is 7. The van der Waals surface area contributed by atoms with Gasteiger partial charge in [-0.15, -0.1) is 11.3 Å². The van der Waals surface area contributed by atoms with Gasteiger partial charge in [-0.25, -0.2) is 4.98 Å². The van der Waals surface area contributed by atoms with Crippen molar-refractivity contribution in [2.75, 3.05) is 4.90 Å². The summed E-state index contributed by atoms with van der Waals surface area (Å²) >= 11 is 1.83. The molecule has 0 atom stereocenters. The van der Waals surface area contributed by atoms with Gasteiger partial charge in [-0.1, -0.05) is 97.1 Å². The number of hydrogen-bond acceptors (Lipinski definition) is 5. The highest BCUT2D eigenvalue weighted by molar-refractivity contribution is 7.26. The van der Waals surface area contributed by atoms with Gasteiger partial charge in [-0.2, -0.15) is 0 Å². The van der Waals surface area contributed by atoms with E-state index in [2.05, 4.69) is 126 Å². The maximum absolute atomic E-state index is 6.61. The molecule has 0 spiro atoms. The summed E-state index contributed by atoms with van der Waals surface area (Å²) in [6.07, 6.45) is 0. The van der Waals surface area contributed by atoms with Crippen LogP contribution in [0.25, 0.3) is 75.8 Å². The van der Waals surface area contributed by atoms with Crippen LogP contribution in [-0.2, 0) is 0 Å². The molecule has 0 N–H and O–H groups in total. The second-order valence-corrected chi connectivity index (χ2v) is 13.0. The number of anilines is 3. The molecule has 3 heterocycles. The molecule has 4 nitrogen and oxygen atoms in total. The number of oxazole rings is 1. The fourth-order valence-electron chi connectivity index (χ4n) is 6.97. The molecule has 0 radical (unpaired) electrons. The monoisotopic (exact) mass is 634 g/mol. The second kappa shape index (κ2) is 10.7. The van der Waals surface area contributed by atoms with Crippen molar-refractivity contribution in [3.8, 4) is 22.6 Å². The first-order valence-electron chi connectivity index (χ1n) is 16.0. The molecule has 0 saturated heterocycles. The molecule has 0 bridgehead atoms. The first-order chi connectivity index (χ1) is 23.8. The third-order valence-electron chi connectivity index (χ3n) is 9.12. The van der Waals surface area contributed by atoms with Crippen LogP contribution in [0.2, 0.25) is 0 Å². The summed E-state index contributed by atoms with van der Waals surface area (Å²) in [6.45, 7) is 0. The largest absolute Gasteiger partial charge is 0.456 e. The van der Waals surface area contributed by atoms with Gasteiger partial charge in [0.05, 0.1) is 16.1 Å². The lowest BCUT2D eigenvalue weighted by atomic mass is 10.0. The number of para-hydroxylation sites is 3. The zero-order valence-corrected chi connectivity index (χ0v) is 26.4. The lowest BCUT2D eigenvalue weighted by Gasteiger charge is -2.28. The van der Waals surface area contributed by atoms with Crippen molar-refractivity contribution in [1.82, 2.24) is 4.98 Å². The van der Waals surface area contributed by atoms with Crippen LogP contribution < -0.4 is 4.90 Å². The molecule has 226 valence electrons. The molecular formula is C43H26N2O2S. The molecule has 5 heteroatoms. The van der Waals surface area contributed by atoms with E-state index in [9.17, 15) is 0 Å². The zero-order chi connectivity index (χ0) is 31.6. The maximum Gasteiger partial charge on any atom is 0.228 e. The van der Waals surface area contributed by atoms with Crippen molar-refractivity contribution >= 4 is 81.6 Å². The Morgan fingerprint density at radius 2 is 1.23 bits per heavy atom. The summed E-state index contributed by atoms with van der Waals surface area (Å²) in [5.41, 5.74) is 9.66. The number of aromatic nitrogens is 1. The Labute approximate surface area is 279 Å². The molecule has 3 aromatic heterocycles. The SMILES string of the molecule is c1ccc(-c2ccccc2N(c2ccc3c(c2)oc2cccc(-c4nc5ccccc5o4)c23)c2cccc3c2sc2ccccc23)cc1. The lowest BCUT2D eigenvalue weighted by Crippen LogP contribution is -2.11. The number of thiophene rings is 1. The van der Waals surface area contributed by atoms with Gasteiger partial charge in [-0.3, -0.25) is 0 Å². The quantitative estimate of drug-likeness (QED) is 0.189. The summed E-state index contributed by atoms with van der Waals surface area (Å²) < 4.78 is 15.3. The molecule has 7 aromatic carbocycles. The highest BCUT2D eigenvalue weighted by Crippen LogP contribution is 2.48. The summed E-state index contributed by atoms with van der Waals surface area (Å²) in [5, 5.41) is 4.54. The van der Waals surface area contributed by atoms with E-state index >= 15 is 0 Å². The highest BCUT2D eigenvalue weighted by atomic mass is 32.1. The molecule has 0 saturated carbocycles. The van der Waals surface area contributed by atoms with Crippen LogP contribution in [0.15, 0.2) is 167 Å². The van der Waals surface area contributed by atoms with Crippen molar-refractivity contribution < 1.29 is 8.83 Å². The van der Waals surface area contributed by atoms with E-state index < -0.39 is 0 Å². The van der Waals surface area contributed by atoms with Gasteiger partial charge in [0.25, 0.3) is 0 Å². The molecule has 0 aliphatic rings. The molecule has 0 unspecified atom stereocenters. The minimum atomic E-state index is 0.587. The first-order valence-corrected chi connectivity index (χ1v) is 16.8. The third-order valence-corrected chi connectivity index (χ3v) is 10.3. The van der Waals surface area contributed by atoms with E-state index in [0.717, 1.165) is 66.8 Å². The third kappa shape index (κ3) is 4.18. The van der Waals surface area contributed by atoms with Crippen LogP contribution in [0.1, 0.15) is 0 Å². The van der Waals surface area contributed by atoms with Crippen LogP contribution in [0.5, 0.6) is 0 Å². The first kappa shape index (κ1) is 27.0. The number of nitrogens with zero attached hydrogens (tertiary/aromatic N) is 2. The standard InChI is InChI=1S/C43H26N2O2S/c1-2-12-27(13-3-1)29-14-4-7-19-35(29)45(36-20-10-16-31-30-15-5-9-23-40(30)48-42(31)36)28-24-25-32-39(26-28)46-38-22-11-17-33(41(32)38)43-44-34-18-6-8-21-37(34)47-43/h1-26H. The van der Waals surface area contributed by atoms with E-state index in [-0.39, 0.29) is 0 Å². The van der Waals surface area contributed by atoms with Crippen LogP contribution in [-0.4, -0.2) is 4.98 Å². The topological polar surface area (TPSA) is 42.4 Å². The molecule has 10 aromatic rings. The van der Waals surface area contributed by atoms with Crippen molar-refractivity contribution in [3.05, 3.63) is 158 Å². The fourth-order valence-corrected chi connectivity index (χ4v) is 8.17. The molecule has 0 aliphatic carbocycles. The van der Waals surface area contributed by atoms with Gasteiger partial charge in [0.15, 0.2) is 5.58 Å². The number of rotatable bonds is 5. The average molecular weight is 635 g/mol. The Morgan fingerprint density at radius 3 is 2.17 bits per heavy atom. The Morgan fingerprint density at radius 1 is 0.500 bits per heavy atom. The maximum atomic E-state index is 6.61. The second-order valence-electron chi connectivity index (χ2n) is 11.9. The summed E-state index contributed by atoms with van der Waals surface area (Å²) in [4.78, 5) is 7.20. The van der Waals surface area contributed by atoms with Gasteiger partial charge in [-0.05, 0) is 60.2 Å². The predicted octanol–water partition coefficient (Wildman–Crippen LogP) is 12.9. The smallest absolute Gasteiger partial charge is 0.228 e. The van der Waals surface area contributed by atoms with E-state index in [1.807, 2.05) is 47.7 Å². The van der Waals surface area contributed by atoms with Gasteiger partial charge in [0.1, 0.15) is 16.7 Å². The number of fused-ring (bicyclic) bond motifs is 7. The summed E-state index contributed by atoms with van der Waals surface area (Å²) in [6, 6.07) is 55.0. The predicted molar refractivity (Wildman–Crippen MR) is 200 cm³/mol. The van der Waals surface area contributed by atoms with Gasteiger partial charge in [0.2, 0.25) is 5.89 Å². The Kier molecular flexibility index (Phi) is 6.01. The number of furan rings is 1.